The first-order chi connectivity index (χ1) is 16.1. The average Bonchev–Trinajstić information content (AvgIpc) is 2.86. The predicted octanol–water partition coefficient (Wildman–Crippen LogP) is 6.98. The molecular formula is C28H35FN2O2. The smallest absolute Gasteiger partial charge is 0.227 e. The number of alkyl halides is 1. The summed E-state index contributed by atoms with van der Waals surface area (Å²) in [7, 11) is 0. The van der Waals surface area contributed by atoms with Crippen LogP contribution in [-0.2, 0) is 16.0 Å². The molecule has 0 spiro atoms. The lowest BCUT2D eigenvalue weighted by molar-refractivity contribution is -0.121. The van der Waals surface area contributed by atoms with Crippen LogP contribution < -0.4 is 10.6 Å². The van der Waals surface area contributed by atoms with E-state index in [0.29, 0.717) is 16.9 Å². The fraction of sp³-hybridized carbons (Fsp3) is 0.500. The second-order valence-corrected chi connectivity index (χ2v) is 9.56. The zero-order valence-corrected chi connectivity index (χ0v) is 19.3. The van der Waals surface area contributed by atoms with Crippen LogP contribution in [0, 0.1) is 11.8 Å². The van der Waals surface area contributed by atoms with E-state index in [9.17, 15) is 9.59 Å². The number of hydrogen-bond donors (Lipinski definition) is 2. The van der Waals surface area contributed by atoms with Crippen molar-refractivity contribution in [3.8, 4) is 0 Å². The van der Waals surface area contributed by atoms with Gasteiger partial charge in [-0.25, -0.2) is 4.39 Å². The van der Waals surface area contributed by atoms with Crippen LogP contribution in [0.5, 0.6) is 0 Å². The monoisotopic (exact) mass is 450 g/mol. The van der Waals surface area contributed by atoms with Crippen molar-refractivity contribution in [1.82, 2.24) is 0 Å². The molecule has 5 heteroatoms. The van der Waals surface area contributed by atoms with Gasteiger partial charge in [-0.05, 0) is 43.4 Å². The topological polar surface area (TPSA) is 58.2 Å². The maximum Gasteiger partial charge on any atom is 0.227 e. The molecule has 2 aliphatic carbocycles. The molecule has 33 heavy (non-hydrogen) atoms. The number of amides is 2. The summed E-state index contributed by atoms with van der Waals surface area (Å²) in [5, 5.41) is 6.04. The Morgan fingerprint density at radius 1 is 0.727 bits per heavy atom. The third-order valence-electron chi connectivity index (χ3n) is 7.18. The first-order valence-corrected chi connectivity index (χ1v) is 12.5. The maximum absolute atomic E-state index is 15.6. The number of benzene rings is 2. The Morgan fingerprint density at radius 3 is 1.82 bits per heavy atom. The summed E-state index contributed by atoms with van der Waals surface area (Å²) in [6.07, 6.45) is 9.22. The maximum atomic E-state index is 15.6. The molecule has 2 fully saturated rings. The van der Waals surface area contributed by atoms with Crippen LogP contribution in [-0.4, -0.2) is 11.8 Å². The third-order valence-corrected chi connectivity index (χ3v) is 7.18. The van der Waals surface area contributed by atoms with E-state index in [2.05, 4.69) is 10.6 Å². The van der Waals surface area contributed by atoms with E-state index < -0.39 is 6.17 Å². The zero-order chi connectivity index (χ0) is 23.0. The van der Waals surface area contributed by atoms with Crippen LogP contribution in [0.15, 0.2) is 48.5 Å². The van der Waals surface area contributed by atoms with Gasteiger partial charge in [-0.2, -0.15) is 0 Å². The standard InChI is InChI=1S/C28H35FN2O2/c29-24(23-16-8-10-18-26(23)31-28(33)21-13-5-2-6-14-21)19-22-15-7-9-17-25(22)30-27(32)20-11-3-1-4-12-20/h7-10,15-18,20-21,24H,1-6,11-14,19H2,(H,30,32)(H,31,33). The van der Waals surface area contributed by atoms with Gasteiger partial charge in [-0.3, -0.25) is 9.59 Å². The van der Waals surface area contributed by atoms with Crippen LogP contribution in [0.1, 0.15) is 81.5 Å². The first-order valence-electron chi connectivity index (χ1n) is 12.5. The summed E-state index contributed by atoms with van der Waals surface area (Å²) in [6.45, 7) is 0. The van der Waals surface area contributed by atoms with Gasteiger partial charge in [-0.15, -0.1) is 0 Å². The van der Waals surface area contributed by atoms with E-state index in [0.717, 1.165) is 56.9 Å². The highest BCUT2D eigenvalue weighted by atomic mass is 19.1. The molecule has 4 rings (SSSR count). The Labute approximate surface area is 196 Å². The van der Waals surface area contributed by atoms with Crippen LogP contribution in [0.2, 0.25) is 0 Å². The Kier molecular flexibility index (Phi) is 8.14. The van der Waals surface area contributed by atoms with Crippen molar-refractivity contribution in [2.75, 3.05) is 10.6 Å². The summed E-state index contributed by atoms with van der Waals surface area (Å²) >= 11 is 0. The molecular weight excluding hydrogens is 415 g/mol. The molecule has 0 saturated heterocycles. The molecule has 0 heterocycles. The number of para-hydroxylation sites is 2. The van der Waals surface area contributed by atoms with Crippen LogP contribution in [0.4, 0.5) is 15.8 Å². The van der Waals surface area contributed by atoms with Gasteiger partial charge in [0.25, 0.3) is 0 Å². The number of carbonyl (C=O) groups excluding carboxylic acids is 2. The van der Waals surface area contributed by atoms with Crippen molar-refractivity contribution >= 4 is 23.2 Å². The van der Waals surface area contributed by atoms with E-state index in [1.165, 1.54) is 12.8 Å². The van der Waals surface area contributed by atoms with Crippen molar-refractivity contribution < 1.29 is 14.0 Å². The zero-order valence-electron chi connectivity index (χ0n) is 19.3. The molecule has 2 amide bonds. The van der Waals surface area contributed by atoms with Crippen LogP contribution in [0.25, 0.3) is 0 Å². The van der Waals surface area contributed by atoms with Crippen LogP contribution in [0.3, 0.4) is 0 Å². The molecule has 2 N–H and O–H groups in total. The Hall–Kier alpha value is -2.69. The fourth-order valence-corrected chi connectivity index (χ4v) is 5.21. The normalized spacial score (nSPS) is 18.5. The molecule has 0 radical (unpaired) electrons. The number of carbonyl (C=O) groups is 2. The highest BCUT2D eigenvalue weighted by Gasteiger charge is 2.25. The molecule has 4 nitrogen and oxygen atoms in total. The molecule has 0 aliphatic heterocycles. The Balaban J connectivity index is 1.45. The van der Waals surface area contributed by atoms with Crippen molar-refractivity contribution in [3.63, 3.8) is 0 Å². The quantitative estimate of drug-likeness (QED) is 0.478. The van der Waals surface area contributed by atoms with Gasteiger partial charge in [0.05, 0.1) is 0 Å². The average molecular weight is 451 g/mol. The minimum absolute atomic E-state index is 0.00510. The molecule has 2 saturated carbocycles. The molecule has 2 aromatic rings. The van der Waals surface area contributed by atoms with Crippen molar-refractivity contribution in [2.45, 2.75) is 76.8 Å². The largest absolute Gasteiger partial charge is 0.326 e. The fourth-order valence-electron chi connectivity index (χ4n) is 5.21. The number of hydrogen-bond acceptors (Lipinski definition) is 2. The van der Waals surface area contributed by atoms with Gasteiger partial charge in [0.15, 0.2) is 0 Å². The molecule has 1 atom stereocenters. The lowest BCUT2D eigenvalue weighted by Gasteiger charge is -2.23. The van der Waals surface area contributed by atoms with Crippen molar-refractivity contribution in [3.05, 3.63) is 59.7 Å². The van der Waals surface area contributed by atoms with Crippen LogP contribution >= 0.6 is 0 Å². The van der Waals surface area contributed by atoms with Crippen molar-refractivity contribution in [2.24, 2.45) is 11.8 Å². The van der Waals surface area contributed by atoms with E-state index >= 15 is 4.39 Å². The molecule has 0 bridgehead atoms. The summed E-state index contributed by atoms with van der Waals surface area (Å²) < 4.78 is 15.6. The van der Waals surface area contributed by atoms with E-state index in [1.54, 1.807) is 18.2 Å². The van der Waals surface area contributed by atoms with Gasteiger partial charge in [0.1, 0.15) is 6.17 Å². The number of halogens is 1. The third kappa shape index (κ3) is 6.21. The van der Waals surface area contributed by atoms with Gasteiger partial charge < -0.3 is 10.6 Å². The molecule has 2 aliphatic rings. The number of rotatable bonds is 7. The minimum atomic E-state index is -1.29. The summed E-state index contributed by atoms with van der Waals surface area (Å²) in [5.74, 6) is 0.0940. The summed E-state index contributed by atoms with van der Waals surface area (Å²) in [6, 6.07) is 14.6. The highest BCUT2D eigenvalue weighted by Crippen LogP contribution is 2.33. The Morgan fingerprint density at radius 2 is 1.21 bits per heavy atom. The van der Waals surface area contributed by atoms with E-state index in [1.807, 2.05) is 30.3 Å². The van der Waals surface area contributed by atoms with Crippen molar-refractivity contribution in [1.29, 1.82) is 0 Å². The lowest BCUT2D eigenvalue weighted by atomic mass is 9.88. The summed E-state index contributed by atoms with van der Waals surface area (Å²) in [4.78, 5) is 25.5. The van der Waals surface area contributed by atoms with Gasteiger partial charge in [-0.1, -0.05) is 74.9 Å². The molecule has 0 aromatic heterocycles. The van der Waals surface area contributed by atoms with Gasteiger partial charge in [0.2, 0.25) is 11.8 Å². The van der Waals surface area contributed by atoms with E-state index in [4.69, 9.17) is 0 Å². The second kappa shape index (κ2) is 11.4. The Bertz CT molecular complexity index is 948. The first kappa shape index (κ1) is 23.5. The molecule has 1 unspecified atom stereocenters. The van der Waals surface area contributed by atoms with E-state index in [-0.39, 0.29) is 30.1 Å². The SMILES string of the molecule is O=C(Nc1ccccc1CC(F)c1ccccc1NC(=O)C1CCCCC1)C1CCCCC1. The van der Waals surface area contributed by atoms with Gasteiger partial charge >= 0.3 is 0 Å². The molecule has 176 valence electrons. The highest BCUT2D eigenvalue weighted by molar-refractivity contribution is 5.94. The summed E-state index contributed by atoms with van der Waals surface area (Å²) in [5.41, 5.74) is 2.47. The lowest BCUT2D eigenvalue weighted by Crippen LogP contribution is -2.25. The number of anilines is 2. The number of nitrogens with one attached hydrogen (secondary N) is 2. The molecule has 2 aromatic carbocycles. The minimum Gasteiger partial charge on any atom is -0.326 e. The second-order valence-electron chi connectivity index (χ2n) is 9.56. The predicted molar refractivity (Wildman–Crippen MR) is 131 cm³/mol. The van der Waals surface area contributed by atoms with Gasteiger partial charge in [0, 0.05) is 35.2 Å².